The zero-order valence-corrected chi connectivity index (χ0v) is 10.2. The first-order valence-electron chi connectivity index (χ1n) is 5.48. The highest BCUT2D eigenvalue weighted by Crippen LogP contribution is 2.12. The molecule has 1 rings (SSSR count). The molecule has 0 spiro atoms. The van der Waals surface area contributed by atoms with E-state index in [0.717, 1.165) is 6.42 Å². The Balaban J connectivity index is 2.60. The summed E-state index contributed by atoms with van der Waals surface area (Å²) in [4.78, 5) is 11.7. The summed E-state index contributed by atoms with van der Waals surface area (Å²) in [5.41, 5.74) is 5.84. The van der Waals surface area contributed by atoms with Crippen LogP contribution in [0.1, 0.15) is 37.6 Å². The van der Waals surface area contributed by atoms with Gasteiger partial charge in [-0.2, -0.15) is 5.10 Å². The van der Waals surface area contributed by atoms with E-state index in [9.17, 15) is 4.79 Å². The van der Waals surface area contributed by atoms with Gasteiger partial charge in [0.1, 0.15) is 0 Å². The van der Waals surface area contributed by atoms with Gasteiger partial charge in [0, 0.05) is 12.7 Å². The van der Waals surface area contributed by atoms with Gasteiger partial charge in [0.15, 0.2) is 0 Å². The third kappa shape index (κ3) is 3.34. The van der Waals surface area contributed by atoms with Crippen LogP contribution in [0.25, 0.3) is 0 Å². The van der Waals surface area contributed by atoms with Gasteiger partial charge < -0.3 is 11.1 Å². The number of hydrogen-bond donors (Lipinski definition) is 2. The highest BCUT2D eigenvalue weighted by Gasteiger charge is 2.16. The van der Waals surface area contributed by atoms with Crippen molar-refractivity contribution in [3.05, 3.63) is 18.0 Å². The first-order chi connectivity index (χ1) is 7.45. The molecule has 0 aromatic carbocycles. The number of nitrogens with two attached hydrogens (primary N) is 1. The van der Waals surface area contributed by atoms with Gasteiger partial charge in [0.25, 0.3) is 5.91 Å². The Morgan fingerprint density at radius 2 is 2.25 bits per heavy atom. The molecule has 1 aromatic rings. The molecule has 5 nitrogen and oxygen atoms in total. The molecule has 0 aliphatic rings. The Bertz CT molecular complexity index is 351. The molecule has 0 aliphatic carbocycles. The number of carbonyl (C=O) groups is 1. The standard InChI is InChI=1S/C11H20N4O/c1-11(2,3)15-8-9(7-14-15)10(16)13-6-4-5-12/h7-8H,4-6,12H2,1-3H3,(H,13,16). The van der Waals surface area contributed by atoms with Crippen LogP contribution in [-0.2, 0) is 5.54 Å². The van der Waals surface area contributed by atoms with Crippen molar-refractivity contribution in [1.82, 2.24) is 15.1 Å². The van der Waals surface area contributed by atoms with Gasteiger partial charge in [-0.15, -0.1) is 0 Å². The van der Waals surface area contributed by atoms with Crippen molar-refractivity contribution in [3.63, 3.8) is 0 Å². The molecule has 0 unspecified atom stereocenters. The molecule has 16 heavy (non-hydrogen) atoms. The number of amides is 1. The summed E-state index contributed by atoms with van der Waals surface area (Å²) in [7, 11) is 0. The predicted molar refractivity (Wildman–Crippen MR) is 63.2 cm³/mol. The summed E-state index contributed by atoms with van der Waals surface area (Å²) >= 11 is 0. The maximum Gasteiger partial charge on any atom is 0.254 e. The fourth-order valence-electron chi connectivity index (χ4n) is 1.21. The Kier molecular flexibility index (Phi) is 4.06. The third-order valence-corrected chi connectivity index (χ3v) is 2.20. The molecule has 90 valence electrons. The van der Waals surface area contributed by atoms with Crippen LogP contribution in [0, 0.1) is 0 Å². The van der Waals surface area contributed by atoms with Crippen molar-refractivity contribution >= 4 is 5.91 Å². The summed E-state index contributed by atoms with van der Waals surface area (Å²) in [5, 5.41) is 6.96. The van der Waals surface area contributed by atoms with Gasteiger partial charge in [-0.3, -0.25) is 9.48 Å². The Morgan fingerprint density at radius 3 is 2.75 bits per heavy atom. The van der Waals surface area contributed by atoms with E-state index < -0.39 is 0 Å². The number of nitrogens with zero attached hydrogens (tertiary/aromatic N) is 2. The zero-order valence-electron chi connectivity index (χ0n) is 10.2. The minimum Gasteiger partial charge on any atom is -0.352 e. The average Bonchev–Trinajstić information content (AvgIpc) is 2.66. The van der Waals surface area contributed by atoms with Gasteiger partial charge in [-0.1, -0.05) is 0 Å². The van der Waals surface area contributed by atoms with E-state index >= 15 is 0 Å². The van der Waals surface area contributed by atoms with Crippen LogP contribution in [0.4, 0.5) is 0 Å². The zero-order chi connectivity index (χ0) is 12.2. The van der Waals surface area contributed by atoms with Crippen molar-refractivity contribution in [1.29, 1.82) is 0 Å². The quantitative estimate of drug-likeness (QED) is 0.740. The van der Waals surface area contributed by atoms with E-state index in [-0.39, 0.29) is 11.4 Å². The predicted octanol–water partition coefficient (Wildman–Crippen LogP) is 0.717. The van der Waals surface area contributed by atoms with E-state index in [1.807, 2.05) is 20.8 Å². The van der Waals surface area contributed by atoms with Gasteiger partial charge >= 0.3 is 0 Å². The third-order valence-electron chi connectivity index (χ3n) is 2.20. The number of nitrogens with one attached hydrogen (secondary N) is 1. The second-order valence-corrected chi connectivity index (χ2v) is 4.74. The van der Waals surface area contributed by atoms with Crippen LogP contribution in [0.5, 0.6) is 0 Å². The molecule has 1 aromatic heterocycles. The second-order valence-electron chi connectivity index (χ2n) is 4.74. The van der Waals surface area contributed by atoms with Crippen molar-refractivity contribution in [3.8, 4) is 0 Å². The fraction of sp³-hybridized carbons (Fsp3) is 0.636. The molecule has 0 atom stereocenters. The first kappa shape index (κ1) is 12.7. The first-order valence-corrected chi connectivity index (χ1v) is 5.48. The molecule has 0 fully saturated rings. The van der Waals surface area contributed by atoms with Crippen LogP contribution in [-0.4, -0.2) is 28.8 Å². The number of hydrogen-bond acceptors (Lipinski definition) is 3. The number of carbonyl (C=O) groups excluding carboxylic acids is 1. The SMILES string of the molecule is CC(C)(C)n1cc(C(=O)NCCCN)cn1. The van der Waals surface area contributed by atoms with Crippen LogP contribution in [0.3, 0.4) is 0 Å². The maximum absolute atomic E-state index is 11.7. The minimum atomic E-state index is -0.101. The van der Waals surface area contributed by atoms with E-state index in [2.05, 4.69) is 10.4 Å². The molecule has 1 amide bonds. The number of aromatic nitrogens is 2. The lowest BCUT2D eigenvalue weighted by atomic mass is 10.1. The molecule has 0 bridgehead atoms. The Labute approximate surface area is 96.0 Å². The maximum atomic E-state index is 11.7. The lowest BCUT2D eigenvalue weighted by molar-refractivity contribution is 0.0953. The molecule has 3 N–H and O–H groups in total. The van der Waals surface area contributed by atoms with Gasteiger partial charge in [-0.25, -0.2) is 0 Å². The van der Waals surface area contributed by atoms with E-state index in [1.54, 1.807) is 17.1 Å². The number of rotatable bonds is 4. The van der Waals surface area contributed by atoms with Gasteiger partial charge in [0.2, 0.25) is 0 Å². The monoisotopic (exact) mass is 224 g/mol. The summed E-state index contributed by atoms with van der Waals surface area (Å²) in [6.45, 7) is 7.31. The smallest absolute Gasteiger partial charge is 0.254 e. The van der Waals surface area contributed by atoms with Gasteiger partial charge in [0.05, 0.1) is 17.3 Å². The Morgan fingerprint density at radius 1 is 1.56 bits per heavy atom. The van der Waals surface area contributed by atoms with Gasteiger partial charge in [-0.05, 0) is 33.7 Å². The van der Waals surface area contributed by atoms with Crippen molar-refractivity contribution in [2.45, 2.75) is 32.7 Å². The molecule has 0 radical (unpaired) electrons. The minimum absolute atomic E-state index is 0.0936. The summed E-state index contributed by atoms with van der Waals surface area (Å²) in [6.07, 6.45) is 4.14. The molecule has 0 saturated heterocycles. The molecule has 0 aliphatic heterocycles. The topological polar surface area (TPSA) is 72.9 Å². The van der Waals surface area contributed by atoms with E-state index in [1.165, 1.54) is 0 Å². The summed E-state index contributed by atoms with van der Waals surface area (Å²) in [5.74, 6) is -0.0936. The van der Waals surface area contributed by atoms with Crippen molar-refractivity contribution < 1.29 is 4.79 Å². The summed E-state index contributed by atoms with van der Waals surface area (Å²) < 4.78 is 1.78. The van der Waals surface area contributed by atoms with E-state index in [4.69, 9.17) is 5.73 Å². The second kappa shape index (κ2) is 5.12. The summed E-state index contributed by atoms with van der Waals surface area (Å²) in [6, 6.07) is 0. The van der Waals surface area contributed by atoms with Crippen molar-refractivity contribution in [2.24, 2.45) is 5.73 Å². The Hall–Kier alpha value is -1.36. The fourth-order valence-corrected chi connectivity index (χ4v) is 1.21. The van der Waals surface area contributed by atoms with Crippen LogP contribution >= 0.6 is 0 Å². The molecule has 1 heterocycles. The van der Waals surface area contributed by atoms with E-state index in [0.29, 0.717) is 18.7 Å². The lowest BCUT2D eigenvalue weighted by Crippen LogP contribution is -2.26. The lowest BCUT2D eigenvalue weighted by Gasteiger charge is -2.18. The average molecular weight is 224 g/mol. The van der Waals surface area contributed by atoms with Crippen molar-refractivity contribution in [2.75, 3.05) is 13.1 Å². The molecule has 5 heteroatoms. The largest absolute Gasteiger partial charge is 0.352 e. The van der Waals surface area contributed by atoms with Crippen LogP contribution in [0.15, 0.2) is 12.4 Å². The van der Waals surface area contributed by atoms with Crippen LogP contribution in [0.2, 0.25) is 0 Å². The highest BCUT2D eigenvalue weighted by atomic mass is 16.1. The normalized spacial score (nSPS) is 11.5. The molecular formula is C11H20N4O. The molecule has 0 saturated carbocycles. The molecular weight excluding hydrogens is 204 g/mol. The highest BCUT2D eigenvalue weighted by molar-refractivity contribution is 5.93. The van der Waals surface area contributed by atoms with Crippen LogP contribution < -0.4 is 11.1 Å².